The topological polar surface area (TPSA) is 88.1 Å². The molecule has 0 radical (unpaired) electrons. The van der Waals surface area contributed by atoms with Crippen LogP contribution >= 0.6 is 0 Å². The van der Waals surface area contributed by atoms with E-state index in [2.05, 4.69) is 0 Å². The highest BCUT2D eigenvalue weighted by Crippen LogP contribution is 2.38. The maximum absolute atomic E-state index is 12.7. The predicted octanol–water partition coefficient (Wildman–Crippen LogP) is 5.18. The number of hydrogen-bond acceptors (Lipinski definition) is 7. The Hall–Kier alpha value is -2.83. The van der Waals surface area contributed by atoms with Crippen LogP contribution in [0.25, 0.3) is 0 Å². The summed E-state index contributed by atoms with van der Waals surface area (Å²) in [7, 11) is 0. The van der Waals surface area contributed by atoms with Crippen LogP contribution in [0, 0.1) is 0 Å². The van der Waals surface area contributed by atoms with Gasteiger partial charge in [-0.2, -0.15) is 0 Å². The van der Waals surface area contributed by atoms with E-state index in [-0.39, 0.29) is 36.0 Å². The molecule has 0 aromatic heterocycles. The Morgan fingerprint density at radius 3 is 2.27 bits per heavy atom. The molecule has 0 saturated carbocycles. The third-order valence-corrected chi connectivity index (χ3v) is 4.36. The van der Waals surface area contributed by atoms with Crippen molar-refractivity contribution in [2.45, 2.75) is 65.4 Å². The van der Waals surface area contributed by atoms with Crippen molar-refractivity contribution in [3.05, 3.63) is 41.0 Å². The minimum atomic E-state index is -0.917. The molecule has 1 aromatic carbocycles. The zero-order valence-corrected chi connectivity index (χ0v) is 18.3. The van der Waals surface area contributed by atoms with Crippen LogP contribution in [-0.2, 0) is 14.2 Å². The van der Waals surface area contributed by atoms with Gasteiger partial charge in [0, 0.05) is 11.5 Å². The molecule has 1 aliphatic rings. The molecule has 0 aliphatic heterocycles. The van der Waals surface area contributed by atoms with Crippen LogP contribution in [-0.4, -0.2) is 36.9 Å². The average molecular weight is 418 g/mol. The lowest BCUT2D eigenvalue weighted by Crippen LogP contribution is -2.27. The Kier molecular flexibility index (Phi) is 8.03. The van der Waals surface area contributed by atoms with Gasteiger partial charge in [0.15, 0.2) is 0 Å². The summed E-state index contributed by atoms with van der Waals surface area (Å²) in [5, 5.41) is 0. The largest absolute Gasteiger partial charge is 0.514 e. The maximum atomic E-state index is 12.7. The lowest BCUT2D eigenvalue weighted by Gasteiger charge is -2.24. The Labute approximate surface area is 177 Å². The fraction of sp³-hybridized carbons (Fsp3) is 0.522. The Bertz CT molecular complexity index is 818. The summed E-state index contributed by atoms with van der Waals surface area (Å²) < 4.78 is 21.0. The smallest absolute Gasteiger partial charge is 0.462 e. The summed E-state index contributed by atoms with van der Waals surface area (Å²) in [5.74, 6) is -1.28. The van der Waals surface area contributed by atoms with E-state index in [4.69, 9.17) is 18.9 Å². The summed E-state index contributed by atoms with van der Waals surface area (Å²) in [5.41, 5.74) is 0.0212. The van der Waals surface area contributed by atoms with Crippen molar-refractivity contribution in [3.63, 3.8) is 0 Å². The molecule has 0 spiro atoms. The number of carbonyl (C=O) groups is 3. The Morgan fingerprint density at radius 1 is 1.03 bits per heavy atom. The van der Waals surface area contributed by atoms with Gasteiger partial charge in [-0.1, -0.05) is 12.2 Å². The van der Waals surface area contributed by atoms with Crippen molar-refractivity contribution in [1.29, 1.82) is 0 Å². The molecule has 0 bridgehead atoms. The summed E-state index contributed by atoms with van der Waals surface area (Å²) in [4.78, 5) is 37.5. The first-order valence-corrected chi connectivity index (χ1v) is 10.3. The molecule has 1 aromatic rings. The van der Waals surface area contributed by atoms with Gasteiger partial charge in [0.05, 0.1) is 24.3 Å². The van der Waals surface area contributed by atoms with Crippen molar-refractivity contribution in [2.75, 3.05) is 13.2 Å². The first kappa shape index (κ1) is 23.4. The van der Waals surface area contributed by atoms with Crippen molar-refractivity contribution >= 4 is 18.1 Å². The molecule has 0 amide bonds. The second kappa shape index (κ2) is 10.3. The van der Waals surface area contributed by atoms with E-state index < -0.39 is 23.7 Å². The van der Waals surface area contributed by atoms with E-state index in [1.165, 1.54) is 12.1 Å². The minimum Gasteiger partial charge on any atom is -0.462 e. The standard InChI is InChI=1S/C23H30O7/c1-6-27-20(24)16-13-17(21(25)28-7-2)19(15-11-9-8-10-12-15)18(14-16)29-22(26)30-23(3,4)5/h9,11,13-15H,6-8,10,12H2,1-5H3. The highest BCUT2D eigenvalue weighted by molar-refractivity contribution is 5.98. The molecule has 0 heterocycles. The molecule has 1 atom stereocenters. The molecule has 2 rings (SSSR count). The molecular formula is C23H30O7. The van der Waals surface area contributed by atoms with Gasteiger partial charge in [0.25, 0.3) is 0 Å². The summed E-state index contributed by atoms with van der Waals surface area (Å²) in [6, 6.07) is 2.86. The van der Waals surface area contributed by atoms with Gasteiger partial charge in [-0.15, -0.1) is 0 Å². The molecule has 164 valence electrons. The number of ether oxygens (including phenoxy) is 4. The van der Waals surface area contributed by atoms with Gasteiger partial charge in [0.1, 0.15) is 11.4 Å². The molecular weight excluding hydrogens is 388 g/mol. The van der Waals surface area contributed by atoms with Crippen LogP contribution < -0.4 is 4.74 Å². The van der Waals surface area contributed by atoms with Gasteiger partial charge >= 0.3 is 18.1 Å². The fourth-order valence-corrected chi connectivity index (χ4v) is 3.22. The van der Waals surface area contributed by atoms with E-state index in [1.54, 1.807) is 34.6 Å². The highest BCUT2D eigenvalue weighted by atomic mass is 16.7. The Balaban J connectivity index is 2.61. The van der Waals surface area contributed by atoms with E-state index >= 15 is 0 Å². The number of benzene rings is 1. The molecule has 0 saturated heterocycles. The van der Waals surface area contributed by atoms with Crippen LogP contribution in [0.5, 0.6) is 5.75 Å². The maximum Gasteiger partial charge on any atom is 0.514 e. The highest BCUT2D eigenvalue weighted by Gasteiger charge is 2.29. The van der Waals surface area contributed by atoms with Gasteiger partial charge in [-0.05, 0) is 66.0 Å². The quantitative estimate of drug-likeness (QED) is 0.272. The summed E-state index contributed by atoms with van der Waals surface area (Å²) in [6.45, 7) is 8.89. The van der Waals surface area contributed by atoms with Gasteiger partial charge in [0.2, 0.25) is 0 Å². The van der Waals surface area contributed by atoms with Crippen LogP contribution in [0.15, 0.2) is 24.3 Å². The zero-order chi connectivity index (χ0) is 22.3. The Morgan fingerprint density at radius 2 is 1.70 bits per heavy atom. The van der Waals surface area contributed by atoms with E-state index in [0.29, 0.717) is 5.56 Å². The van der Waals surface area contributed by atoms with Crippen molar-refractivity contribution in [1.82, 2.24) is 0 Å². The second-order valence-corrected chi connectivity index (χ2v) is 7.91. The monoisotopic (exact) mass is 418 g/mol. The van der Waals surface area contributed by atoms with Gasteiger partial charge in [-0.25, -0.2) is 14.4 Å². The van der Waals surface area contributed by atoms with Gasteiger partial charge in [-0.3, -0.25) is 0 Å². The average Bonchev–Trinajstić information content (AvgIpc) is 2.67. The van der Waals surface area contributed by atoms with Crippen molar-refractivity contribution < 1.29 is 33.3 Å². The summed E-state index contributed by atoms with van der Waals surface area (Å²) in [6.07, 6.45) is 5.72. The van der Waals surface area contributed by atoms with Crippen LogP contribution in [0.2, 0.25) is 0 Å². The zero-order valence-electron chi connectivity index (χ0n) is 18.3. The van der Waals surface area contributed by atoms with E-state index in [9.17, 15) is 14.4 Å². The second-order valence-electron chi connectivity index (χ2n) is 7.91. The SMILES string of the molecule is CCOC(=O)c1cc(OC(=O)OC(C)(C)C)c(C2C=CCCC2)c(C(=O)OCC)c1. The van der Waals surface area contributed by atoms with Crippen LogP contribution in [0.3, 0.4) is 0 Å². The third-order valence-electron chi connectivity index (χ3n) is 4.36. The number of rotatable bonds is 6. The minimum absolute atomic E-state index is 0.0920. The number of allylic oxidation sites excluding steroid dienone is 2. The normalized spacial score (nSPS) is 16.0. The van der Waals surface area contributed by atoms with Crippen molar-refractivity contribution in [3.8, 4) is 5.75 Å². The molecule has 30 heavy (non-hydrogen) atoms. The first-order valence-electron chi connectivity index (χ1n) is 10.3. The lowest BCUT2D eigenvalue weighted by atomic mass is 9.85. The molecule has 7 heteroatoms. The van der Waals surface area contributed by atoms with Crippen molar-refractivity contribution in [2.24, 2.45) is 0 Å². The molecule has 1 unspecified atom stereocenters. The van der Waals surface area contributed by atoms with Gasteiger partial charge < -0.3 is 18.9 Å². The first-order chi connectivity index (χ1) is 14.2. The van der Waals surface area contributed by atoms with E-state index in [1.807, 2.05) is 12.2 Å². The molecule has 1 aliphatic carbocycles. The number of hydrogen-bond donors (Lipinski definition) is 0. The molecule has 0 fully saturated rings. The lowest BCUT2D eigenvalue weighted by molar-refractivity contribution is 0.0200. The summed E-state index contributed by atoms with van der Waals surface area (Å²) >= 11 is 0. The molecule has 7 nitrogen and oxygen atoms in total. The number of carbonyl (C=O) groups excluding carboxylic acids is 3. The third kappa shape index (κ3) is 6.34. The van der Waals surface area contributed by atoms with Crippen LogP contribution in [0.1, 0.15) is 86.1 Å². The predicted molar refractivity (Wildman–Crippen MR) is 111 cm³/mol. The number of esters is 2. The van der Waals surface area contributed by atoms with E-state index in [0.717, 1.165) is 19.3 Å². The molecule has 0 N–H and O–H groups in total. The van der Waals surface area contributed by atoms with Crippen LogP contribution in [0.4, 0.5) is 4.79 Å². The fourth-order valence-electron chi connectivity index (χ4n) is 3.22.